The van der Waals surface area contributed by atoms with Gasteiger partial charge in [-0.05, 0) is 17.7 Å². The zero-order chi connectivity index (χ0) is 10.7. The molecule has 1 heterocycles. The molecule has 0 spiro atoms. The smallest absolute Gasteiger partial charge is 0.0591 e. The molecule has 82 valence electrons. The minimum Gasteiger partial charge on any atom is -0.379 e. The summed E-state index contributed by atoms with van der Waals surface area (Å²) in [5, 5.41) is 4.72. The first-order valence-electron chi connectivity index (χ1n) is 5.01. The molecular formula is C11H13Cl2NO. The lowest BCUT2D eigenvalue weighted by Gasteiger charge is -2.15. The van der Waals surface area contributed by atoms with Crippen LogP contribution in [0.4, 0.5) is 0 Å². The molecule has 1 N–H and O–H groups in total. The van der Waals surface area contributed by atoms with E-state index in [1.54, 1.807) is 6.07 Å². The van der Waals surface area contributed by atoms with Gasteiger partial charge in [-0.25, -0.2) is 0 Å². The summed E-state index contributed by atoms with van der Waals surface area (Å²) in [6.07, 6.45) is 0. The second kappa shape index (κ2) is 5.17. The fraction of sp³-hybridized carbons (Fsp3) is 0.455. The van der Waals surface area contributed by atoms with E-state index in [9.17, 15) is 0 Å². The Balaban J connectivity index is 2.19. The zero-order valence-electron chi connectivity index (χ0n) is 8.30. The third-order valence-corrected chi connectivity index (χ3v) is 3.10. The van der Waals surface area contributed by atoms with Crippen LogP contribution in [0.15, 0.2) is 18.2 Å². The van der Waals surface area contributed by atoms with Crippen molar-refractivity contribution < 1.29 is 4.74 Å². The summed E-state index contributed by atoms with van der Waals surface area (Å²) in [4.78, 5) is 0. The maximum absolute atomic E-state index is 6.15. The largest absolute Gasteiger partial charge is 0.379 e. The predicted octanol–water partition coefficient (Wildman–Crippen LogP) is 2.70. The molecule has 0 bridgehead atoms. The number of ether oxygens (including phenoxy) is 1. The van der Waals surface area contributed by atoms with Crippen LogP contribution >= 0.6 is 23.2 Å². The van der Waals surface area contributed by atoms with Gasteiger partial charge in [0.15, 0.2) is 0 Å². The molecule has 1 aromatic rings. The molecule has 0 aliphatic carbocycles. The van der Waals surface area contributed by atoms with Crippen LogP contribution < -0.4 is 5.32 Å². The van der Waals surface area contributed by atoms with Gasteiger partial charge in [0.25, 0.3) is 0 Å². The van der Waals surface area contributed by atoms with Gasteiger partial charge in [-0.3, -0.25) is 0 Å². The maximum Gasteiger partial charge on any atom is 0.0591 e. The Hall–Kier alpha value is -0.280. The highest BCUT2D eigenvalue weighted by Crippen LogP contribution is 2.28. The molecule has 2 rings (SSSR count). The predicted molar refractivity (Wildman–Crippen MR) is 62.9 cm³/mol. The Bertz CT molecular complexity index is 335. The van der Waals surface area contributed by atoms with E-state index >= 15 is 0 Å². The van der Waals surface area contributed by atoms with Crippen LogP contribution in [0, 0.1) is 0 Å². The van der Waals surface area contributed by atoms with Crippen LogP contribution in [0.5, 0.6) is 0 Å². The molecule has 1 saturated heterocycles. The lowest BCUT2D eigenvalue weighted by molar-refractivity contribution is 0.141. The first-order chi connectivity index (χ1) is 7.27. The normalized spacial score (nSPS) is 22.4. The molecule has 1 aromatic carbocycles. The van der Waals surface area contributed by atoms with Crippen LogP contribution in [0.25, 0.3) is 0 Å². The highest BCUT2D eigenvalue weighted by molar-refractivity contribution is 6.35. The zero-order valence-corrected chi connectivity index (χ0v) is 9.81. The van der Waals surface area contributed by atoms with Gasteiger partial charge in [0, 0.05) is 29.1 Å². The van der Waals surface area contributed by atoms with E-state index in [1.807, 2.05) is 12.1 Å². The second-order valence-corrected chi connectivity index (χ2v) is 4.49. The van der Waals surface area contributed by atoms with Crippen molar-refractivity contribution >= 4 is 23.2 Å². The van der Waals surface area contributed by atoms with Gasteiger partial charge in [0.2, 0.25) is 0 Å². The summed E-state index contributed by atoms with van der Waals surface area (Å²) < 4.78 is 5.49. The van der Waals surface area contributed by atoms with Crippen molar-refractivity contribution in [3.63, 3.8) is 0 Å². The van der Waals surface area contributed by atoms with E-state index in [2.05, 4.69) is 5.32 Å². The molecule has 0 amide bonds. The SMILES string of the molecule is Clc1ccc(C2CNCCOC2)c(Cl)c1. The fourth-order valence-corrected chi connectivity index (χ4v) is 2.30. The summed E-state index contributed by atoms with van der Waals surface area (Å²) in [7, 11) is 0. The molecule has 4 heteroatoms. The lowest BCUT2D eigenvalue weighted by atomic mass is 10.00. The van der Waals surface area contributed by atoms with Crippen LogP contribution in [0.2, 0.25) is 10.0 Å². The van der Waals surface area contributed by atoms with Crippen molar-refractivity contribution in [2.45, 2.75) is 5.92 Å². The van der Waals surface area contributed by atoms with E-state index in [1.165, 1.54) is 0 Å². The van der Waals surface area contributed by atoms with Crippen LogP contribution in [0.1, 0.15) is 11.5 Å². The van der Waals surface area contributed by atoms with Crippen molar-refractivity contribution in [2.24, 2.45) is 0 Å². The summed E-state index contributed by atoms with van der Waals surface area (Å²) >= 11 is 12.0. The molecule has 0 saturated carbocycles. The van der Waals surface area contributed by atoms with E-state index in [0.29, 0.717) is 17.5 Å². The molecule has 1 atom stereocenters. The van der Waals surface area contributed by atoms with E-state index in [-0.39, 0.29) is 0 Å². The topological polar surface area (TPSA) is 21.3 Å². The Morgan fingerprint density at radius 3 is 3.00 bits per heavy atom. The second-order valence-electron chi connectivity index (χ2n) is 3.64. The van der Waals surface area contributed by atoms with Crippen LogP contribution in [-0.4, -0.2) is 26.3 Å². The lowest BCUT2D eigenvalue weighted by Crippen LogP contribution is -2.21. The van der Waals surface area contributed by atoms with E-state index in [0.717, 1.165) is 30.3 Å². The van der Waals surface area contributed by atoms with E-state index in [4.69, 9.17) is 27.9 Å². The number of hydrogen-bond donors (Lipinski definition) is 1. The van der Waals surface area contributed by atoms with Gasteiger partial charge in [-0.15, -0.1) is 0 Å². The van der Waals surface area contributed by atoms with Crippen molar-refractivity contribution in [1.29, 1.82) is 0 Å². The molecule has 0 aromatic heterocycles. The molecule has 2 nitrogen and oxygen atoms in total. The van der Waals surface area contributed by atoms with Crippen molar-refractivity contribution in [3.8, 4) is 0 Å². The van der Waals surface area contributed by atoms with Crippen molar-refractivity contribution in [3.05, 3.63) is 33.8 Å². The van der Waals surface area contributed by atoms with Gasteiger partial charge in [0.05, 0.1) is 13.2 Å². The Kier molecular flexibility index (Phi) is 3.87. The average Bonchev–Trinajstić information content (AvgIpc) is 2.46. The van der Waals surface area contributed by atoms with Gasteiger partial charge < -0.3 is 10.1 Å². The van der Waals surface area contributed by atoms with Crippen LogP contribution in [0.3, 0.4) is 0 Å². The number of benzene rings is 1. The number of nitrogens with one attached hydrogen (secondary N) is 1. The van der Waals surface area contributed by atoms with Gasteiger partial charge in [0.1, 0.15) is 0 Å². The molecule has 0 radical (unpaired) electrons. The number of halogens is 2. The molecule has 1 aliphatic rings. The summed E-state index contributed by atoms with van der Waals surface area (Å²) in [6.45, 7) is 3.29. The molecule has 1 aliphatic heterocycles. The third kappa shape index (κ3) is 2.85. The molecule has 1 unspecified atom stereocenters. The number of rotatable bonds is 1. The summed E-state index contributed by atoms with van der Waals surface area (Å²) in [6, 6.07) is 5.63. The summed E-state index contributed by atoms with van der Waals surface area (Å²) in [5.74, 6) is 0.317. The minimum atomic E-state index is 0.317. The molecule has 1 fully saturated rings. The van der Waals surface area contributed by atoms with E-state index < -0.39 is 0 Å². The number of hydrogen-bond acceptors (Lipinski definition) is 2. The van der Waals surface area contributed by atoms with Crippen molar-refractivity contribution in [1.82, 2.24) is 5.32 Å². The van der Waals surface area contributed by atoms with Crippen molar-refractivity contribution in [2.75, 3.05) is 26.3 Å². The monoisotopic (exact) mass is 245 g/mol. The minimum absolute atomic E-state index is 0.317. The third-order valence-electron chi connectivity index (χ3n) is 2.54. The van der Waals surface area contributed by atoms with Gasteiger partial charge in [-0.2, -0.15) is 0 Å². The Morgan fingerprint density at radius 1 is 1.33 bits per heavy atom. The first-order valence-corrected chi connectivity index (χ1v) is 5.76. The van der Waals surface area contributed by atoms with Gasteiger partial charge in [-0.1, -0.05) is 29.3 Å². The first kappa shape index (κ1) is 11.2. The Morgan fingerprint density at radius 2 is 2.20 bits per heavy atom. The highest BCUT2D eigenvalue weighted by atomic mass is 35.5. The van der Waals surface area contributed by atoms with Gasteiger partial charge >= 0.3 is 0 Å². The molecule has 15 heavy (non-hydrogen) atoms. The maximum atomic E-state index is 6.15. The molecular weight excluding hydrogens is 233 g/mol. The average molecular weight is 246 g/mol. The Labute approximate surface area is 99.5 Å². The summed E-state index contributed by atoms with van der Waals surface area (Å²) in [5.41, 5.74) is 1.11. The standard InChI is InChI=1S/C11H13Cl2NO/c12-9-1-2-10(11(13)5-9)8-6-14-3-4-15-7-8/h1-2,5,8,14H,3-4,6-7H2. The van der Waals surface area contributed by atoms with Crippen LogP contribution in [-0.2, 0) is 4.74 Å². The quantitative estimate of drug-likeness (QED) is 0.822. The highest BCUT2D eigenvalue weighted by Gasteiger charge is 2.17. The fourth-order valence-electron chi connectivity index (χ4n) is 1.74.